The average Bonchev–Trinajstić information content (AvgIpc) is 2.99. The number of nitrogens with one attached hydrogen (secondary N) is 2. The lowest BCUT2D eigenvalue weighted by Gasteiger charge is -2.16. The summed E-state index contributed by atoms with van der Waals surface area (Å²) in [5.74, 6) is 6.33. The molecule has 1 fully saturated rings. The quantitative estimate of drug-likeness (QED) is 0.766. The predicted molar refractivity (Wildman–Crippen MR) is 93.5 cm³/mol. The number of hydrogen-bond acceptors (Lipinski definition) is 5. The molecule has 1 atom stereocenters. The molecule has 0 amide bonds. The van der Waals surface area contributed by atoms with Gasteiger partial charge in [0.15, 0.2) is 0 Å². The highest BCUT2D eigenvalue weighted by Gasteiger charge is 2.17. The number of anilines is 2. The van der Waals surface area contributed by atoms with Crippen LogP contribution >= 0.6 is 11.8 Å². The fourth-order valence-electron chi connectivity index (χ4n) is 2.47. The lowest BCUT2D eigenvalue weighted by atomic mass is 10.1. The number of rotatable bonds is 8. The van der Waals surface area contributed by atoms with Gasteiger partial charge in [0.2, 0.25) is 0 Å². The van der Waals surface area contributed by atoms with Gasteiger partial charge in [0, 0.05) is 25.1 Å². The molecule has 1 aromatic rings. The Bertz CT molecular complexity index is 444. The van der Waals surface area contributed by atoms with E-state index in [1.54, 1.807) is 0 Å². The smallest absolute Gasteiger partial charge is 0.134 e. The number of hydrogen-bond donors (Lipinski definition) is 2. The van der Waals surface area contributed by atoms with Crippen molar-refractivity contribution in [2.75, 3.05) is 35.2 Å². The molecule has 0 spiro atoms. The van der Waals surface area contributed by atoms with Crippen LogP contribution in [0.15, 0.2) is 0 Å². The predicted octanol–water partition coefficient (Wildman–Crippen LogP) is 3.72. The fraction of sp³-hybridized carbons (Fsp3) is 0.750. The van der Waals surface area contributed by atoms with Crippen LogP contribution in [0.25, 0.3) is 0 Å². The molecule has 0 bridgehead atoms. The summed E-state index contributed by atoms with van der Waals surface area (Å²) in [5, 5.41) is 7.00. The zero-order valence-electron chi connectivity index (χ0n) is 13.5. The topological polar surface area (TPSA) is 49.8 Å². The maximum Gasteiger partial charge on any atom is 0.134 e. The molecule has 1 unspecified atom stereocenters. The van der Waals surface area contributed by atoms with Gasteiger partial charge in [-0.1, -0.05) is 13.8 Å². The molecular weight excluding hydrogens is 280 g/mol. The average molecular weight is 308 g/mol. The second kappa shape index (κ2) is 8.47. The molecule has 0 aromatic carbocycles. The minimum Gasteiger partial charge on any atom is -0.370 e. The van der Waals surface area contributed by atoms with Crippen LogP contribution in [0.3, 0.4) is 0 Å². The molecule has 2 heterocycles. The Kier molecular flexibility index (Phi) is 6.61. The zero-order valence-corrected chi connectivity index (χ0v) is 14.4. The number of aryl methyl sites for hydroxylation is 1. The van der Waals surface area contributed by atoms with Gasteiger partial charge in [-0.05, 0) is 43.6 Å². The molecule has 1 aliphatic rings. The van der Waals surface area contributed by atoms with Crippen LogP contribution < -0.4 is 10.6 Å². The van der Waals surface area contributed by atoms with Gasteiger partial charge < -0.3 is 10.6 Å². The van der Waals surface area contributed by atoms with Gasteiger partial charge in [0.25, 0.3) is 0 Å². The van der Waals surface area contributed by atoms with Crippen LogP contribution in [0, 0.1) is 12.8 Å². The third-order valence-electron chi connectivity index (χ3n) is 3.79. The van der Waals surface area contributed by atoms with E-state index in [2.05, 4.69) is 48.2 Å². The molecule has 1 saturated heterocycles. The normalized spacial score (nSPS) is 18.0. The molecule has 4 nitrogen and oxygen atoms in total. The SMILES string of the molecule is CCCNc1nc(CCC)nc(NCC2CCSC2)c1C. The van der Waals surface area contributed by atoms with Crippen molar-refractivity contribution in [1.29, 1.82) is 0 Å². The highest BCUT2D eigenvalue weighted by atomic mass is 32.2. The molecule has 1 aromatic heterocycles. The van der Waals surface area contributed by atoms with Crippen molar-refractivity contribution < 1.29 is 0 Å². The van der Waals surface area contributed by atoms with Gasteiger partial charge in [-0.3, -0.25) is 0 Å². The Morgan fingerprint density at radius 2 is 1.90 bits per heavy atom. The van der Waals surface area contributed by atoms with Gasteiger partial charge in [0.05, 0.1) is 0 Å². The van der Waals surface area contributed by atoms with E-state index < -0.39 is 0 Å². The third kappa shape index (κ3) is 4.77. The summed E-state index contributed by atoms with van der Waals surface area (Å²) in [5.41, 5.74) is 1.15. The minimum atomic E-state index is 0.783. The Labute approximate surface area is 132 Å². The van der Waals surface area contributed by atoms with Gasteiger partial charge >= 0.3 is 0 Å². The zero-order chi connectivity index (χ0) is 15.1. The lowest BCUT2D eigenvalue weighted by molar-refractivity contribution is 0.629. The van der Waals surface area contributed by atoms with Crippen molar-refractivity contribution in [3.63, 3.8) is 0 Å². The van der Waals surface area contributed by atoms with Crippen molar-refractivity contribution in [2.45, 2.75) is 46.5 Å². The number of nitrogens with zero attached hydrogens (tertiary/aromatic N) is 2. The van der Waals surface area contributed by atoms with E-state index in [-0.39, 0.29) is 0 Å². The lowest BCUT2D eigenvalue weighted by Crippen LogP contribution is -2.17. The maximum absolute atomic E-state index is 4.72. The first-order valence-electron chi connectivity index (χ1n) is 8.17. The van der Waals surface area contributed by atoms with E-state index in [0.717, 1.165) is 61.3 Å². The van der Waals surface area contributed by atoms with Crippen molar-refractivity contribution in [2.24, 2.45) is 5.92 Å². The molecule has 0 saturated carbocycles. The van der Waals surface area contributed by atoms with Crippen LogP contribution in [0.5, 0.6) is 0 Å². The van der Waals surface area contributed by atoms with Crippen LogP contribution in [-0.4, -0.2) is 34.6 Å². The molecule has 2 rings (SSSR count). The van der Waals surface area contributed by atoms with E-state index in [9.17, 15) is 0 Å². The van der Waals surface area contributed by atoms with Crippen LogP contribution in [0.2, 0.25) is 0 Å². The number of thioether (sulfide) groups is 1. The molecule has 0 radical (unpaired) electrons. The Balaban J connectivity index is 2.10. The summed E-state index contributed by atoms with van der Waals surface area (Å²) in [6, 6.07) is 0. The molecule has 2 N–H and O–H groups in total. The van der Waals surface area contributed by atoms with Gasteiger partial charge in [0.1, 0.15) is 17.5 Å². The van der Waals surface area contributed by atoms with Gasteiger partial charge in [-0.15, -0.1) is 0 Å². The third-order valence-corrected chi connectivity index (χ3v) is 5.02. The van der Waals surface area contributed by atoms with E-state index in [1.807, 2.05) is 0 Å². The maximum atomic E-state index is 4.72. The molecule has 21 heavy (non-hydrogen) atoms. The fourth-order valence-corrected chi connectivity index (χ4v) is 3.76. The highest BCUT2D eigenvalue weighted by molar-refractivity contribution is 7.99. The van der Waals surface area contributed by atoms with Gasteiger partial charge in [-0.2, -0.15) is 11.8 Å². The molecular formula is C16H28N4S. The highest BCUT2D eigenvalue weighted by Crippen LogP contribution is 2.25. The van der Waals surface area contributed by atoms with Crippen LogP contribution in [-0.2, 0) is 6.42 Å². The summed E-state index contributed by atoms with van der Waals surface area (Å²) in [4.78, 5) is 9.40. The molecule has 118 valence electrons. The van der Waals surface area contributed by atoms with Gasteiger partial charge in [-0.25, -0.2) is 9.97 Å². The summed E-state index contributed by atoms with van der Waals surface area (Å²) in [6.07, 6.45) is 4.45. The molecule has 5 heteroatoms. The standard InChI is InChI=1S/C16H28N4S/c1-4-6-14-19-15(17-8-5-2)12(3)16(20-14)18-10-13-7-9-21-11-13/h13H,4-11H2,1-3H3,(H2,17,18,19,20). The summed E-state index contributed by atoms with van der Waals surface area (Å²) >= 11 is 2.06. The first-order valence-corrected chi connectivity index (χ1v) is 9.33. The van der Waals surface area contributed by atoms with Crippen molar-refractivity contribution in [1.82, 2.24) is 9.97 Å². The van der Waals surface area contributed by atoms with E-state index in [4.69, 9.17) is 4.98 Å². The minimum absolute atomic E-state index is 0.783. The van der Waals surface area contributed by atoms with E-state index in [1.165, 1.54) is 17.9 Å². The molecule has 1 aliphatic heterocycles. The first kappa shape index (κ1) is 16.4. The second-order valence-corrected chi connectivity index (χ2v) is 6.90. The summed E-state index contributed by atoms with van der Waals surface area (Å²) in [6.45, 7) is 8.45. The monoisotopic (exact) mass is 308 g/mol. The Morgan fingerprint density at radius 1 is 1.14 bits per heavy atom. The summed E-state index contributed by atoms with van der Waals surface area (Å²) < 4.78 is 0. The number of aromatic nitrogens is 2. The van der Waals surface area contributed by atoms with Crippen molar-refractivity contribution in [3.8, 4) is 0 Å². The first-order chi connectivity index (χ1) is 10.2. The Hall–Kier alpha value is -0.970. The van der Waals surface area contributed by atoms with E-state index in [0.29, 0.717) is 0 Å². The van der Waals surface area contributed by atoms with Crippen molar-refractivity contribution >= 4 is 23.4 Å². The van der Waals surface area contributed by atoms with Crippen LogP contribution in [0.4, 0.5) is 11.6 Å². The largest absolute Gasteiger partial charge is 0.370 e. The summed E-state index contributed by atoms with van der Waals surface area (Å²) in [7, 11) is 0. The molecule has 0 aliphatic carbocycles. The second-order valence-electron chi connectivity index (χ2n) is 5.75. The van der Waals surface area contributed by atoms with Crippen molar-refractivity contribution in [3.05, 3.63) is 11.4 Å². The van der Waals surface area contributed by atoms with Crippen LogP contribution in [0.1, 0.15) is 44.5 Å². The van der Waals surface area contributed by atoms with E-state index >= 15 is 0 Å². The Morgan fingerprint density at radius 3 is 2.52 bits per heavy atom.